The molecule has 18 heavy (non-hydrogen) atoms. The zero-order valence-corrected chi connectivity index (χ0v) is 12.0. The largest absolute Gasteiger partial charge is 0.475 e. The molecule has 3 rings (SSSR count). The van der Waals surface area contributed by atoms with E-state index in [1.165, 1.54) is 23.5 Å². The highest BCUT2D eigenvalue weighted by Crippen LogP contribution is 2.58. The molecule has 0 amide bonds. The number of fused-ring (bicyclic) bond motifs is 2. The summed E-state index contributed by atoms with van der Waals surface area (Å²) in [6, 6.07) is 0. The highest BCUT2D eigenvalue weighted by Gasteiger charge is 2.43. The molecule has 1 aliphatic heterocycles. The Kier molecular flexibility index (Phi) is 3.14. The van der Waals surface area contributed by atoms with E-state index in [1.807, 2.05) is 30.4 Å². The fraction of sp³-hybridized carbons (Fsp3) is 0.615. The van der Waals surface area contributed by atoms with E-state index >= 15 is 0 Å². The minimum atomic E-state index is -0.942. The molecule has 2 heterocycles. The summed E-state index contributed by atoms with van der Waals surface area (Å²) in [6.07, 6.45) is 4.36. The SMILES string of the molecule is Cc1c(C(=O)O)oc2c1C1(CCC2)SCCCS1. The van der Waals surface area contributed by atoms with Crippen molar-refractivity contribution in [2.45, 2.75) is 36.7 Å². The number of aromatic carboxylic acids is 1. The van der Waals surface area contributed by atoms with Crippen LogP contribution in [0.5, 0.6) is 0 Å². The lowest BCUT2D eigenvalue weighted by Crippen LogP contribution is -2.27. The van der Waals surface area contributed by atoms with Crippen molar-refractivity contribution in [3.05, 3.63) is 22.6 Å². The van der Waals surface area contributed by atoms with Gasteiger partial charge >= 0.3 is 5.97 Å². The molecule has 0 saturated carbocycles. The van der Waals surface area contributed by atoms with Gasteiger partial charge in [0.05, 0.1) is 4.08 Å². The second-order valence-electron chi connectivity index (χ2n) is 4.82. The van der Waals surface area contributed by atoms with E-state index in [9.17, 15) is 9.90 Å². The van der Waals surface area contributed by atoms with Gasteiger partial charge in [-0.15, -0.1) is 23.5 Å². The Morgan fingerprint density at radius 1 is 1.33 bits per heavy atom. The predicted molar refractivity (Wildman–Crippen MR) is 74.6 cm³/mol. The van der Waals surface area contributed by atoms with Crippen molar-refractivity contribution in [3.63, 3.8) is 0 Å². The lowest BCUT2D eigenvalue weighted by atomic mass is 9.94. The van der Waals surface area contributed by atoms with Crippen molar-refractivity contribution < 1.29 is 14.3 Å². The summed E-state index contributed by atoms with van der Waals surface area (Å²) in [4.78, 5) is 11.2. The number of hydrogen-bond acceptors (Lipinski definition) is 4. The first-order valence-corrected chi connectivity index (χ1v) is 8.25. The molecule has 0 bridgehead atoms. The van der Waals surface area contributed by atoms with Crippen molar-refractivity contribution in [2.75, 3.05) is 11.5 Å². The first kappa shape index (κ1) is 12.5. The maximum absolute atomic E-state index is 11.2. The van der Waals surface area contributed by atoms with Crippen LogP contribution in [0.15, 0.2) is 4.42 Å². The number of thioether (sulfide) groups is 2. The van der Waals surface area contributed by atoms with Gasteiger partial charge in [-0.25, -0.2) is 4.79 Å². The molecule has 1 saturated heterocycles. The summed E-state index contributed by atoms with van der Waals surface area (Å²) in [5, 5.41) is 9.19. The average molecular weight is 284 g/mol. The highest BCUT2D eigenvalue weighted by atomic mass is 32.2. The number of carbonyl (C=O) groups is 1. The van der Waals surface area contributed by atoms with Gasteiger partial charge in [0.25, 0.3) is 0 Å². The zero-order valence-electron chi connectivity index (χ0n) is 10.3. The molecule has 1 aromatic rings. The highest BCUT2D eigenvalue weighted by molar-refractivity contribution is 8.18. The molecule has 0 radical (unpaired) electrons. The van der Waals surface area contributed by atoms with Crippen LogP contribution in [-0.4, -0.2) is 22.6 Å². The third-order valence-corrected chi connectivity index (χ3v) is 7.11. The van der Waals surface area contributed by atoms with Gasteiger partial charge in [-0.05, 0) is 37.7 Å². The van der Waals surface area contributed by atoms with Crippen LogP contribution in [0.4, 0.5) is 0 Å². The van der Waals surface area contributed by atoms with E-state index in [-0.39, 0.29) is 9.84 Å². The Labute approximate surface area is 115 Å². The molecule has 0 aromatic carbocycles. The third kappa shape index (κ3) is 1.79. The number of carboxylic acid groups (broad SMARTS) is 1. The monoisotopic (exact) mass is 284 g/mol. The van der Waals surface area contributed by atoms with Crippen molar-refractivity contribution >= 4 is 29.5 Å². The number of hydrogen-bond donors (Lipinski definition) is 1. The third-order valence-electron chi connectivity index (χ3n) is 3.66. The first-order valence-electron chi connectivity index (χ1n) is 6.28. The van der Waals surface area contributed by atoms with Crippen LogP contribution < -0.4 is 0 Å². The van der Waals surface area contributed by atoms with E-state index in [1.54, 1.807) is 0 Å². The topological polar surface area (TPSA) is 50.4 Å². The van der Waals surface area contributed by atoms with Gasteiger partial charge in [0.1, 0.15) is 5.76 Å². The minimum Gasteiger partial charge on any atom is -0.475 e. The molecule has 5 heteroatoms. The molecule has 1 spiro atoms. The van der Waals surface area contributed by atoms with Crippen LogP contribution in [0.2, 0.25) is 0 Å². The summed E-state index contributed by atoms with van der Waals surface area (Å²) in [5.74, 6) is 2.45. The maximum Gasteiger partial charge on any atom is 0.372 e. The smallest absolute Gasteiger partial charge is 0.372 e. The Balaban J connectivity index is 2.12. The Bertz CT molecular complexity index is 487. The Morgan fingerprint density at radius 3 is 2.72 bits per heavy atom. The maximum atomic E-state index is 11.2. The van der Waals surface area contributed by atoms with Gasteiger partial charge in [0.2, 0.25) is 5.76 Å². The first-order chi connectivity index (χ1) is 8.64. The molecule has 1 N–H and O–H groups in total. The standard InChI is InChI=1S/C13H16O3S2/c1-8-10-9(16-11(8)12(14)15)4-2-5-13(10)17-6-3-7-18-13/h2-7H2,1H3,(H,14,15). The fourth-order valence-corrected chi connectivity index (χ4v) is 6.57. The molecule has 3 nitrogen and oxygen atoms in total. The van der Waals surface area contributed by atoms with Crippen LogP contribution in [0.1, 0.15) is 46.7 Å². The molecule has 98 valence electrons. The molecular formula is C13H16O3S2. The van der Waals surface area contributed by atoms with E-state index in [2.05, 4.69) is 0 Å². The van der Waals surface area contributed by atoms with E-state index in [0.717, 1.165) is 30.6 Å². The van der Waals surface area contributed by atoms with E-state index < -0.39 is 5.97 Å². The van der Waals surface area contributed by atoms with Crippen LogP contribution in [0.3, 0.4) is 0 Å². The Hall–Kier alpha value is -0.550. The molecule has 2 aliphatic rings. The molecule has 0 atom stereocenters. The van der Waals surface area contributed by atoms with Crippen molar-refractivity contribution in [1.82, 2.24) is 0 Å². The summed E-state index contributed by atoms with van der Waals surface area (Å²) >= 11 is 3.96. The minimum absolute atomic E-state index is 0.0626. The molecule has 1 fully saturated rings. The van der Waals surface area contributed by atoms with Crippen molar-refractivity contribution in [2.24, 2.45) is 0 Å². The number of rotatable bonds is 1. The van der Waals surface area contributed by atoms with Gasteiger partial charge in [-0.1, -0.05) is 0 Å². The molecule has 1 aliphatic carbocycles. The zero-order chi connectivity index (χ0) is 12.8. The van der Waals surface area contributed by atoms with E-state index in [0.29, 0.717) is 0 Å². The second kappa shape index (κ2) is 4.53. The molecular weight excluding hydrogens is 268 g/mol. The van der Waals surface area contributed by atoms with Gasteiger partial charge in [0, 0.05) is 17.5 Å². The van der Waals surface area contributed by atoms with Gasteiger partial charge < -0.3 is 9.52 Å². The lowest BCUT2D eigenvalue weighted by Gasteiger charge is -2.39. The predicted octanol–water partition coefficient (Wildman–Crippen LogP) is 3.65. The summed E-state index contributed by atoms with van der Waals surface area (Å²) in [6.45, 7) is 1.90. The Morgan fingerprint density at radius 2 is 2.06 bits per heavy atom. The second-order valence-corrected chi connectivity index (χ2v) is 7.86. The molecule has 0 unspecified atom stereocenters. The summed E-state index contributed by atoms with van der Waals surface area (Å²) in [7, 11) is 0. The van der Waals surface area contributed by atoms with Gasteiger partial charge in [0.15, 0.2) is 0 Å². The quantitative estimate of drug-likeness (QED) is 0.853. The van der Waals surface area contributed by atoms with Crippen LogP contribution in [0, 0.1) is 6.92 Å². The van der Waals surface area contributed by atoms with Crippen LogP contribution in [0.25, 0.3) is 0 Å². The number of aryl methyl sites for hydroxylation is 1. The number of furan rings is 1. The van der Waals surface area contributed by atoms with Crippen LogP contribution >= 0.6 is 23.5 Å². The van der Waals surface area contributed by atoms with Crippen molar-refractivity contribution in [3.8, 4) is 0 Å². The summed E-state index contributed by atoms with van der Waals surface area (Å²) in [5.41, 5.74) is 2.03. The molecule has 1 aromatic heterocycles. The fourth-order valence-electron chi connectivity index (χ4n) is 2.92. The number of carboxylic acids is 1. The van der Waals surface area contributed by atoms with Crippen LogP contribution in [-0.2, 0) is 10.5 Å². The summed E-state index contributed by atoms with van der Waals surface area (Å²) < 4.78 is 5.66. The lowest BCUT2D eigenvalue weighted by molar-refractivity contribution is 0.0659. The van der Waals surface area contributed by atoms with Gasteiger partial charge in [-0.2, -0.15) is 0 Å². The normalized spacial score (nSPS) is 21.8. The average Bonchev–Trinajstić information content (AvgIpc) is 2.70. The van der Waals surface area contributed by atoms with Gasteiger partial charge in [-0.3, -0.25) is 0 Å². The van der Waals surface area contributed by atoms with E-state index in [4.69, 9.17) is 4.42 Å². The van der Waals surface area contributed by atoms with Crippen molar-refractivity contribution in [1.29, 1.82) is 0 Å².